The highest BCUT2D eigenvalue weighted by atomic mass is 32.2. The number of rotatable bonds is 5. The van der Waals surface area contributed by atoms with Crippen LogP contribution in [0.1, 0.15) is 15.9 Å². The van der Waals surface area contributed by atoms with Gasteiger partial charge in [-0.2, -0.15) is 14.0 Å². The highest BCUT2D eigenvalue weighted by Crippen LogP contribution is 2.23. The summed E-state index contributed by atoms with van der Waals surface area (Å²) in [5, 5.41) is 11.6. The molecule has 8 nitrogen and oxygen atoms in total. The van der Waals surface area contributed by atoms with E-state index in [9.17, 15) is 13.2 Å². The van der Waals surface area contributed by atoms with Gasteiger partial charge in [0.2, 0.25) is 0 Å². The smallest absolute Gasteiger partial charge is 0.261 e. The third kappa shape index (κ3) is 3.98. The lowest BCUT2D eigenvalue weighted by atomic mass is 10.2. The zero-order valence-corrected chi connectivity index (χ0v) is 16.9. The van der Waals surface area contributed by atoms with E-state index in [1.165, 1.54) is 30.3 Å². The van der Waals surface area contributed by atoms with Crippen molar-refractivity contribution in [3.63, 3.8) is 0 Å². The van der Waals surface area contributed by atoms with Gasteiger partial charge >= 0.3 is 0 Å². The standard InChI is InChI=1S/C20H13N5O3S2/c21-12-13-7-9-16(10-8-13)30(27,28)25-15-4-1-3-14(11-15)20(26)22-17-5-2-6-18-19(17)24-29-23-18/h1-11,25H,(H,22,26). The molecule has 0 bridgehead atoms. The van der Waals surface area contributed by atoms with Crippen LogP contribution in [-0.2, 0) is 10.0 Å². The number of amides is 1. The number of carbonyl (C=O) groups is 1. The molecule has 0 radical (unpaired) electrons. The average Bonchev–Trinajstić information content (AvgIpc) is 3.23. The van der Waals surface area contributed by atoms with Crippen molar-refractivity contribution in [2.75, 3.05) is 10.0 Å². The van der Waals surface area contributed by atoms with E-state index in [1.807, 2.05) is 6.07 Å². The van der Waals surface area contributed by atoms with E-state index in [2.05, 4.69) is 18.8 Å². The second kappa shape index (κ2) is 7.90. The summed E-state index contributed by atoms with van der Waals surface area (Å²) in [7, 11) is -3.87. The molecule has 3 aromatic carbocycles. The van der Waals surface area contributed by atoms with Crippen molar-refractivity contribution < 1.29 is 13.2 Å². The molecule has 0 aliphatic carbocycles. The Hall–Kier alpha value is -3.81. The molecule has 10 heteroatoms. The molecular formula is C20H13N5O3S2. The Bertz CT molecular complexity index is 1390. The largest absolute Gasteiger partial charge is 0.320 e. The number of nitrogens with zero attached hydrogens (tertiary/aromatic N) is 3. The normalized spacial score (nSPS) is 11.0. The third-order valence-corrected chi connectivity index (χ3v) is 6.14. The SMILES string of the molecule is N#Cc1ccc(S(=O)(=O)Nc2cccc(C(=O)Nc3cccc4nsnc34)c2)cc1. The number of hydrogen-bond donors (Lipinski definition) is 2. The molecule has 0 saturated carbocycles. The van der Waals surface area contributed by atoms with Gasteiger partial charge < -0.3 is 5.32 Å². The minimum Gasteiger partial charge on any atom is -0.320 e. The van der Waals surface area contributed by atoms with Crippen LogP contribution < -0.4 is 10.0 Å². The first-order valence-corrected chi connectivity index (χ1v) is 10.8. The Balaban J connectivity index is 1.55. The van der Waals surface area contributed by atoms with Gasteiger partial charge in [0, 0.05) is 11.3 Å². The molecule has 1 amide bonds. The molecule has 0 spiro atoms. The Morgan fingerprint density at radius 2 is 1.77 bits per heavy atom. The molecule has 0 unspecified atom stereocenters. The van der Waals surface area contributed by atoms with E-state index >= 15 is 0 Å². The number of sulfonamides is 1. The summed E-state index contributed by atoms with van der Waals surface area (Å²) in [4.78, 5) is 12.7. The summed E-state index contributed by atoms with van der Waals surface area (Å²) >= 11 is 1.05. The summed E-state index contributed by atoms with van der Waals surface area (Å²) in [5.74, 6) is -0.407. The molecule has 0 aliphatic rings. The number of aromatic nitrogens is 2. The van der Waals surface area contributed by atoms with Gasteiger partial charge in [0.1, 0.15) is 11.0 Å². The van der Waals surface area contributed by atoms with E-state index in [1.54, 1.807) is 36.4 Å². The zero-order valence-electron chi connectivity index (χ0n) is 15.2. The molecule has 1 aromatic heterocycles. The first kappa shape index (κ1) is 19.5. The number of benzene rings is 3. The molecule has 0 atom stereocenters. The summed E-state index contributed by atoms with van der Waals surface area (Å²) in [5.41, 5.74) is 2.67. The second-order valence-electron chi connectivity index (χ2n) is 6.21. The van der Waals surface area contributed by atoms with E-state index < -0.39 is 15.9 Å². The van der Waals surface area contributed by atoms with Gasteiger partial charge in [-0.05, 0) is 54.6 Å². The molecular weight excluding hydrogens is 422 g/mol. The quantitative estimate of drug-likeness (QED) is 0.493. The van der Waals surface area contributed by atoms with Crippen LogP contribution >= 0.6 is 11.7 Å². The lowest BCUT2D eigenvalue weighted by molar-refractivity contribution is 0.102. The molecule has 0 fully saturated rings. The monoisotopic (exact) mass is 435 g/mol. The van der Waals surface area contributed by atoms with Crippen molar-refractivity contribution in [1.82, 2.24) is 8.75 Å². The Morgan fingerprint density at radius 3 is 2.53 bits per heavy atom. The molecule has 1 heterocycles. The van der Waals surface area contributed by atoms with Gasteiger partial charge in [-0.1, -0.05) is 12.1 Å². The van der Waals surface area contributed by atoms with Gasteiger partial charge in [0.25, 0.3) is 15.9 Å². The Kier molecular flexibility index (Phi) is 5.14. The van der Waals surface area contributed by atoms with Crippen LogP contribution in [0.5, 0.6) is 0 Å². The van der Waals surface area contributed by atoms with Crippen molar-refractivity contribution in [2.45, 2.75) is 4.90 Å². The summed E-state index contributed by atoms with van der Waals surface area (Å²) < 4.78 is 35.9. The van der Waals surface area contributed by atoms with Gasteiger partial charge in [0.15, 0.2) is 0 Å². The van der Waals surface area contributed by atoms with Crippen molar-refractivity contribution in [2.24, 2.45) is 0 Å². The minimum atomic E-state index is -3.87. The first-order valence-electron chi connectivity index (χ1n) is 8.62. The maximum atomic E-state index is 12.7. The number of nitrogens with one attached hydrogen (secondary N) is 2. The molecule has 30 heavy (non-hydrogen) atoms. The van der Waals surface area contributed by atoms with Crippen LogP contribution in [-0.4, -0.2) is 23.1 Å². The van der Waals surface area contributed by atoms with Crippen LogP contribution in [0.15, 0.2) is 71.6 Å². The summed E-state index contributed by atoms with van der Waals surface area (Å²) in [6.45, 7) is 0. The summed E-state index contributed by atoms with van der Waals surface area (Å²) in [6, 6.07) is 18.9. The van der Waals surface area contributed by atoms with Gasteiger partial charge in [0.05, 0.1) is 33.9 Å². The highest BCUT2D eigenvalue weighted by molar-refractivity contribution is 7.92. The summed E-state index contributed by atoms with van der Waals surface area (Å²) in [6.07, 6.45) is 0. The fourth-order valence-electron chi connectivity index (χ4n) is 2.75. The average molecular weight is 435 g/mol. The highest BCUT2D eigenvalue weighted by Gasteiger charge is 2.16. The fraction of sp³-hybridized carbons (Fsp3) is 0. The van der Waals surface area contributed by atoms with Crippen molar-refractivity contribution in [3.05, 3.63) is 77.9 Å². The first-order chi connectivity index (χ1) is 14.5. The molecule has 2 N–H and O–H groups in total. The van der Waals surface area contributed by atoms with Crippen molar-refractivity contribution in [3.8, 4) is 6.07 Å². The maximum Gasteiger partial charge on any atom is 0.261 e. The fourth-order valence-corrected chi connectivity index (χ4v) is 4.35. The van der Waals surface area contributed by atoms with Crippen LogP contribution in [0.3, 0.4) is 0 Å². The number of fused-ring (bicyclic) bond motifs is 1. The number of hydrogen-bond acceptors (Lipinski definition) is 7. The van der Waals surface area contributed by atoms with E-state index in [0.717, 1.165) is 11.7 Å². The zero-order chi connectivity index (χ0) is 21.1. The lowest BCUT2D eigenvalue weighted by Crippen LogP contribution is -2.15. The lowest BCUT2D eigenvalue weighted by Gasteiger charge is -2.10. The van der Waals surface area contributed by atoms with Crippen LogP contribution in [0.2, 0.25) is 0 Å². The van der Waals surface area contributed by atoms with Crippen molar-refractivity contribution in [1.29, 1.82) is 5.26 Å². The van der Waals surface area contributed by atoms with E-state index in [4.69, 9.17) is 5.26 Å². The van der Waals surface area contributed by atoms with E-state index in [0.29, 0.717) is 22.3 Å². The third-order valence-electron chi connectivity index (χ3n) is 4.20. The predicted octanol–water partition coefficient (Wildman–Crippen LogP) is 3.62. The molecule has 148 valence electrons. The Morgan fingerprint density at radius 1 is 1.00 bits per heavy atom. The van der Waals surface area contributed by atoms with Crippen LogP contribution in [0, 0.1) is 11.3 Å². The minimum absolute atomic E-state index is 0.0130. The number of anilines is 2. The van der Waals surface area contributed by atoms with E-state index in [-0.39, 0.29) is 16.1 Å². The maximum absolute atomic E-state index is 12.7. The molecule has 4 aromatic rings. The van der Waals surface area contributed by atoms with Crippen molar-refractivity contribution >= 4 is 50.1 Å². The molecule has 0 aliphatic heterocycles. The predicted molar refractivity (Wildman–Crippen MR) is 114 cm³/mol. The number of nitriles is 1. The Labute approximate surface area is 176 Å². The topological polar surface area (TPSA) is 125 Å². The van der Waals surface area contributed by atoms with Crippen LogP contribution in [0.25, 0.3) is 11.0 Å². The molecule has 4 rings (SSSR count). The number of carbonyl (C=O) groups excluding carboxylic acids is 1. The van der Waals surface area contributed by atoms with Crippen LogP contribution in [0.4, 0.5) is 11.4 Å². The van der Waals surface area contributed by atoms with Gasteiger partial charge in [-0.25, -0.2) is 8.42 Å². The second-order valence-corrected chi connectivity index (χ2v) is 8.42. The molecule has 0 saturated heterocycles. The van der Waals surface area contributed by atoms with Gasteiger partial charge in [-0.15, -0.1) is 0 Å². The van der Waals surface area contributed by atoms with Gasteiger partial charge in [-0.3, -0.25) is 9.52 Å².